The highest BCUT2D eigenvalue weighted by molar-refractivity contribution is 9.10. The predicted octanol–water partition coefficient (Wildman–Crippen LogP) is 3.32. The lowest BCUT2D eigenvalue weighted by Crippen LogP contribution is -2.25. The minimum Gasteiger partial charge on any atom is -0.483 e. The van der Waals surface area contributed by atoms with Gasteiger partial charge in [0.15, 0.2) is 18.1 Å². The number of amides is 1. The van der Waals surface area contributed by atoms with Crippen LogP contribution in [0.5, 0.6) is 17.2 Å². The van der Waals surface area contributed by atoms with Crippen LogP contribution in [0.25, 0.3) is 0 Å². The summed E-state index contributed by atoms with van der Waals surface area (Å²) < 4.78 is 17.0. The second-order valence-electron chi connectivity index (χ2n) is 5.53. The lowest BCUT2D eigenvalue weighted by Gasteiger charge is -2.10. The number of ether oxygens (including phenoxy) is 3. The molecule has 1 heterocycles. The number of hydrogen-bond acceptors (Lipinski definition) is 5. The molecule has 0 atom stereocenters. The maximum atomic E-state index is 11.9. The molecule has 6 nitrogen and oxygen atoms in total. The van der Waals surface area contributed by atoms with Crippen LogP contribution in [0.15, 0.2) is 39.9 Å². The highest BCUT2D eigenvalue weighted by Gasteiger charge is 2.15. The van der Waals surface area contributed by atoms with E-state index in [0.29, 0.717) is 11.5 Å². The van der Waals surface area contributed by atoms with Crippen molar-refractivity contribution < 1.29 is 19.0 Å². The third kappa shape index (κ3) is 4.11. The molecule has 3 rings (SSSR count). The highest BCUT2D eigenvalue weighted by atomic mass is 79.9. The Balaban J connectivity index is 1.57. The molecular weight excluding hydrogens is 388 g/mol. The molecule has 7 heteroatoms. The van der Waals surface area contributed by atoms with Gasteiger partial charge in [-0.05, 0) is 53.0 Å². The minimum absolute atomic E-state index is 0.106. The van der Waals surface area contributed by atoms with Crippen LogP contribution in [0, 0.1) is 13.8 Å². The van der Waals surface area contributed by atoms with Gasteiger partial charge in [-0.3, -0.25) is 4.79 Å². The summed E-state index contributed by atoms with van der Waals surface area (Å²) in [5, 5.41) is 3.95. The van der Waals surface area contributed by atoms with Crippen molar-refractivity contribution in [3.8, 4) is 17.2 Å². The molecule has 0 bridgehead atoms. The van der Waals surface area contributed by atoms with Gasteiger partial charge in [0.2, 0.25) is 6.79 Å². The molecule has 0 fully saturated rings. The zero-order valence-electron chi connectivity index (χ0n) is 13.8. The Hall–Kier alpha value is -2.54. The summed E-state index contributed by atoms with van der Waals surface area (Å²) in [4.78, 5) is 11.9. The molecule has 1 aliphatic heterocycles. The Morgan fingerprint density at radius 1 is 1.28 bits per heavy atom. The van der Waals surface area contributed by atoms with E-state index in [9.17, 15) is 4.79 Å². The third-order valence-corrected chi connectivity index (χ3v) is 4.33. The van der Waals surface area contributed by atoms with Gasteiger partial charge in [-0.15, -0.1) is 0 Å². The molecule has 0 aromatic heterocycles. The third-order valence-electron chi connectivity index (χ3n) is 3.64. The van der Waals surface area contributed by atoms with E-state index in [0.717, 1.165) is 26.9 Å². The standard InChI is InChI=1S/C18H17BrN2O4/c1-11-4-3-5-12(2)18(11)23-9-17(22)21-20-8-13-6-15-16(7-14(13)19)25-10-24-15/h3-8H,9-10H2,1-2H3,(H,21,22). The van der Waals surface area contributed by atoms with Gasteiger partial charge in [0.1, 0.15) is 5.75 Å². The van der Waals surface area contributed by atoms with Gasteiger partial charge < -0.3 is 14.2 Å². The average molecular weight is 405 g/mol. The largest absolute Gasteiger partial charge is 0.483 e. The van der Waals surface area contributed by atoms with Crippen molar-refractivity contribution in [2.24, 2.45) is 5.10 Å². The summed E-state index contributed by atoms with van der Waals surface area (Å²) >= 11 is 3.43. The lowest BCUT2D eigenvalue weighted by molar-refractivity contribution is -0.123. The molecule has 0 saturated carbocycles. The van der Waals surface area contributed by atoms with Crippen LogP contribution in [-0.4, -0.2) is 25.5 Å². The molecule has 0 radical (unpaired) electrons. The number of halogens is 1. The van der Waals surface area contributed by atoms with Crippen molar-refractivity contribution in [1.82, 2.24) is 5.43 Å². The quantitative estimate of drug-likeness (QED) is 0.612. The van der Waals surface area contributed by atoms with Crippen molar-refractivity contribution in [2.45, 2.75) is 13.8 Å². The molecule has 0 unspecified atom stereocenters. The number of carbonyl (C=O) groups is 1. The van der Waals surface area contributed by atoms with Crippen molar-refractivity contribution in [1.29, 1.82) is 0 Å². The van der Waals surface area contributed by atoms with Crippen LogP contribution in [0.1, 0.15) is 16.7 Å². The van der Waals surface area contributed by atoms with Crippen molar-refractivity contribution in [2.75, 3.05) is 13.4 Å². The monoisotopic (exact) mass is 404 g/mol. The molecule has 2 aromatic carbocycles. The van der Waals surface area contributed by atoms with Gasteiger partial charge in [-0.2, -0.15) is 5.10 Å². The summed E-state index contributed by atoms with van der Waals surface area (Å²) in [5.74, 6) is 1.71. The molecule has 1 aliphatic rings. The van der Waals surface area contributed by atoms with Crippen molar-refractivity contribution >= 4 is 28.1 Å². The van der Waals surface area contributed by atoms with Crippen molar-refractivity contribution in [3.63, 3.8) is 0 Å². The van der Waals surface area contributed by atoms with Crippen LogP contribution >= 0.6 is 15.9 Å². The fraction of sp³-hybridized carbons (Fsp3) is 0.222. The second-order valence-corrected chi connectivity index (χ2v) is 6.38. The molecule has 130 valence electrons. The van der Waals surface area contributed by atoms with E-state index < -0.39 is 0 Å². The maximum absolute atomic E-state index is 11.9. The predicted molar refractivity (Wildman–Crippen MR) is 97.4 cm³/mol. The normalized spacial score (nSPS) is 12.4. The SMILES string of the molecule is Cc1cccc(C)c1OCC(=O)NN=Cc1cc2c(cc1Br)OCO2. The van der Waals surface area contributed by atoms with Crippen LogP contribution in [-0.2, 0) is 4.79 Å². The second kappa shape index (κ2) is 7.57. The van der Waals surface area contributed by atoms with Gasteiger partial charge >= 0.3 is 0 Å². The number of hydrogen-bond donors (Lipinski definition) is 1. The molecular formula is C18H17BrN2O4. The number of nitrogens with zero attached hydrogens (tertiary/aromatic N) is 1. The Morgan fingerprint density at radius 3 is 2.68 bits per heavy atom. The average Bonchev–Trinajstić information content (AvgIpc) is 3.01. The first-order chi connectivity index (χ1) is 12.0. The topological polar surface area (TPSA) is 69.2 Å². The number of benzene rings is 2. The summed E-state index contributed by atoms with van der Waals surface area (Å²) in [5.41, 5.74) is 5.19. The Kier molecular flexibility index (Phi) is 5.23. The molecule has 1 amide bonds. The van der Waals surface area contributed by atoms with E-state index in [-0.39, 0.29) is 19.3 Å². The summed E-state index contributed by atoms with van der Waals surface area (Å²) in [6.07, 6.45) is 1.53. The van der Waals surface area contributed by atoms with E-state index in [2.05, 4.69) is 26.5 Å². The smallest absolute Gasteiger partial charge is 0.277 e. The molecule has 2 aromatic rings. The van der Waals surface area contributed by atoms with E-state index in [1.165, 1.54) is 6.21 Å². The van der Waals surface area contributed by atoms with Gasteiger partial charge in [-0.1, -0.05) is 18.2 Å². The Morgan fingerprint density at radius 2 is 1.96 bits per heavy atom. The van der Waals surface area contributed by atoms with E-state index in [1.807, 2.05) is 32.0 Å². The lowest BCUT2D eigenvalue weighted by atomic mass is 10.1. The molecule has 1 N–H and O–H groups in total. The van der Waals surface area contributed by atoms with Crippen LogP contribution in [0.3, 0.4) is 0 Å². The number of para-hydroxylation sites is 1. The first kappa shape index (κ1) is 17.3. The first-order valence-electron chi connectivity index (χ1n) is 7.64. The first-order valence-corrected chi connectivity index (χ1v) is 8.44. The van der Waals surface area contributed by atoms with E-state index in [4.69, 9.17) is 14.2 Å². The van der Waals surface area contributed by atoms with Crippen LogP contribution < -0.4 is 19.6 Å². The highest BCUT2D eigenvalue weighted by Crippen LogP contribution is 2.36. The summed E-state index contributed by atoms with van der Waals surface area (Å²) in [7, 11) is 0. The molecule has 0 spiro atoms. The molecule has 25 heavy (non-hydrogen) atoms. The number of hydrazone groups is 1. The van der Waals surface area contributed by atoms with E-state index in [1.54, 1.807) is 12.1 Å². The zero-order chi connectivity index (χ0) is 17.8. The van der Waals surface area contributed by atoms with Crippen LogP contribution in [0.4, 0.5) is 0 Å². The van der Waals surface area contributed by atoms with Crippen molar-refractivity contribution in [3.05, 3.63) is 51.5 Å². The fourth-order valence-corrected chi connectivity index (χ4v) is 2.83. The van der Waals surface area contributed by atoms with Gasteiger partial charge in [-0.25, -0.2) is 5.43 Å². The summed E-state index contributed by atoms with van der Waals surface area (Å²) in [6.45, 7) is 3.98. The maximum Gasteiger partial charge on any atom is 0.277 e. The number of rotatable bonds is 5. The Labute approximate surface area is 153 Å². The van der Waals surface area contributed by atoms with Gasteiger partial charge in [0.05, 0.1) is 6.21 Å². The number of fused-ring (bicyclic) bond motifs is 1. The molecule has 0 saturated heterocycles. The fourth-order valence-electron chi connectivity index (χ4n) is 2.40. The van der Waals surface area contributed by atoms with Crippen LogP contribution in [0.2, 0.25) is 0 Å². The molecule has 0 aliphatic carbocycles. The van der Waals surface area contributed by atoms with Gasteiger partial charge in [0, 0.05) is 10.0 Å². The number of nitrogens with one attached hydrogen (secondary N) is 1. The minimum atomic E-state index is -0.337. The zero-order valence-corrected chi connectivity index (χ0v) is 15.4. The van der Waals surface area contributed by atoms with E-state index >= 15 is 0 Å². The summed E-state index contributed by atoms with van der Waals surface area (Å²) in [6, 6.07) is 9.42. The van der Waals surface area contributed by atoms with Gasteiger partial charge in [0.25, 0.3) is 5.91 Å². The Bertz CT molecular complexity index is 816. The number of aryl methyl sites for hydroxylation is 2. The number of carbonyl (C=O) groups excluding carboxylic acids is 1.